The molecule has 0 saturated carbocycles. The number of carbonyl (C=O) groups excluding carboxylic acids is 2. The monoisotopic (exact) mass is 469 g/mol. The molecule has 0 aliphatic carbocycles. The number of ether oxygens (including phenoxy) is 3. The molecule has 2 aromatic rings. The smallest absolute Gasteiger partial charge is 0.323 e. The van der Waals surface area contributed by atoms with Gasteiger partial charge in [0, 0.05) is 29.4 Å². The standard InChI is InChI=1S/C25H31N3O6/c1-3-10-26-23(30)13-18-12-20-19-11-16(6-9-21(19)34-24(20)22(14-29)33-18)28-25(31)27-15-4-7-17(32-2)8-5-15/h4-9,11,18,20,22,24,29H,3,10,12-14H2,1-2H3,(H,26,30)(H2,27,28,31)/t18-,20-,22+,24+/m1/s1. The van der Waals surface area contributed by atoms with Crippen LogP contribution in [0.4, 0.5) is 16.2 Å². The van der Waals surface area contributed by atoms with Gasteiger partial charge in [-0.05, 0) is 55.3 Å². The van der Waals surface area contributed by atoms with Gasteiger partial charge in [0.05, 0.1) is 26.2 Å². The molecule has 0 unspecified atom stereocenters. The third kappa shape index (κ3) is 5.43. The Morgan fingerprint density at radius 2 is 1.85 bits per heavy atom. The number of hydrogen-bond donors (Lipinski definition) is 4. The molecule has 4 N–H and O–H groups in total. The average Bonchev–Trinajstić information content (AvgIpc) is 3.20. The molecule has 9 nitrogen and oxygen atoms in total. The van der Waals surface area contributed by atoms with Crippen LogP contribution in [-0.4, -0.2) is 55.6 Å². The van der Waals surface area contributed by atoms with Crippen molar-refractivity contribution in [2.45, 2.75) is 50.4 Å². The molecule has 4 atom stereocenters. The van der Waals surface area contributed by atoms with Gasteiger partial charge in [-0.15, -0.1) is 0 Å². The molecule has 2 aliphatic heterocycles. The lowest BCUT2D eigenvalue weighted by atomic mass is 9.84. The normalized spacial score (nSPS) is 22.7. The highest BCUT2D eigenvalue weighted by molar-refractivity contribution is 5.99. The number of carbonyl (C=O) groups is 2. The van der Waals surface area contributed by atoms with Gasteiger partial charge in [-0.25, -0.2) is 4.79 Å². The van der Waals surface area contributed by atoms with Crippen LogP contribution in [0, 0.1) is 0 Å². The predicted octanol–water partition coefficient (Wildman–Crippen LogP) is 3.25. The second kappa shape index (κ2) is 10.8. The minimum Gasteiger partial charge on any atom is -0.497 e. The number of fused-ring (bicyclic) bond motifs is 3. The molecule has 182 valence electrons. The Kier molecular flexibility index (Phi) is 7.54. The summed E-state index contributed by atoms with van der Waals surface area (Å²) in [5, 5.41) is 18.4. The first-order chi connectivity index (χ1) is 16.5. The largest absolute Gasteiger partial charge is 0.497 e. The zero-order chi connectivity index (χ0) is 24.1. The van der Waals surface area contributed by atoms with Gasteiger partial charge in [-0.1, -0.05) is 6.92 Å². The quantitative estimate of drug-likeness (QED) is 0.471. The maximum Gasteiger partial charge on any atom is 0.323 e. The molecule has 1 saturated heterocycles. The predicted molar refractivity (Wildman–Crippen MR) is 128 cm³/mol. The van der Waals surface area contributed by atoms with Crippen molar-refractivity contribution in [1.82, 2.24) is 5.32 Å². The number of amides is 3. The van der Waals surface area contributed by atoms with E-state index >= 15 is 0 Å². The van der Waals surface area contributed by atoms with E-state index in [0.717, 1.165) is 12.0 Å². The molecule has 9 heteroatoms. The van der Waals surface area contributed by atoms with E-state index in [1.165, 1.54) is 0 Å². The van der Waals surface area contributed by atoms with Crippen molar-refractivity contribution in [3.8, 4) is 11.5 Å². The molecule has 4 rings (SSSR count). The molecule has 0 spiro atoms. The van der Waals surface area contributed by atoms with Crippen molar-refractivity contribution in [2.24, 2.45) is 0 Å². The number of anilines is 2. The topological polar surface area (TPSA) is 118 Å². The van der Waals surface area contributed by atoms with Crippen molar-refractivity contribution in [3.05, 3.63) is 48.0 Å². The molecule has 3 amide bonds. The van der Waals surface area contributed by atoms with Crippen LogP contribution in [-0.2, 0) is 9.53 Å². The number of urea groups is 1. The van der Waals surface area contributed by atoms with E-state index in [2.05, 4.69) is 16.0 Å². The van der Waals surface area contributed by atoms with Gasteiger partial charge >= 0.3 is 6.03 Å². The lowest BCUT2D eigenvalue weighted by Crippen LogP contribution is -2.47. The van der Waals surface area contributed by atoms with Crippen molar-refractivity contribution in [2.75, 3.05) is 30.9 Å². The molecule has 0 bridgehead atoms. The summed E-state index contributed by atoms with van der Waals surface area (Å²) in [6, 6.07) is 12.2. The number of nitrogens with one attached hydrogen (secondary N) is 3. The van der Waals surface area contributed by atoms with Gasteiger partial charge < -0.3 is 35.3 Å². The molecule has 1 fully saturated rings. The Balaban J connectivity index is 1.43. The fourth-order valence-electron chi connectivity index (χ4n) is 4.48. The Labute approximate surface area is 198 Å². The highest BCUT2D eigenvalue weighted by atomic mass is 16.6. The minimum absolute atomic E-state index is 0.0451. The Morgan fingerprint density at radius 3 is 2.56 bits per heavy atom. The molecule has 34 heavy (non-hydrogen) atoms. The summed E-state index contributed by atoms with van der Waals surface area (Å²) in [6.07, 6.45) is 0.513. The summed E-state index contributed by atoms with van der Waals surface area (Å²) in [5.74, 6) is 1.30. The van der Waals surface area contributed by atoms with E-state index in [4.69, 9.17) is 14.2 Å². The van der Waals surface area contributed by atoms with Gasteiger partial charge in [0.25, 0.3) is 0 Å². The van der Waals surface area contributed by atoms with E-state index in [9.17, 15) is 14.7 Å². The van der Waals surface area contributed by atoms with Crippen LogP contribution in [0.5, 0.6) is 11.5 Å². The third-order valence-electron chi connectivity index (χ3n) is 6.09. The average molecular weight is 470 g/mol. The fourth-order valence-corrected chi connectivity index (χ4v) is 4.48. The number of aliphatic hydroxyl groups excluding tert-OH is 1. The van der Waals surface area contributed by atoms with Crippen LogP contribution in [0.25, 0.3) is 0 Å². The Morgan fingerprint density at radius 1 is 1.12 bits per heavy atom. The maximum atomic E-state index is 12.5. The second-order valence-corrected chi connectivity index (χ2v) is 8.52. The van der Waals surface area contributed by atoms with E-state index in [-0.39, 0.29) is 43.1 Å². The van der Waals surface area contributed by atoms with Crippen LogP contribution >= 0.6 is 0 Å². The number of methoxy groups -OCH3 is 1. The molecular formula is C25H31N3O6. The number of rotatable bonds is 8. The van der Waals surface area contributed by atoms with Crippen LogP contribution < -0.4 is 25.4 Å². The summed E-state index contributed by atoms with van der Waals surface area (Å²) in [7, 11) is 1.59. The Hall–Kier alpha value is -3.30. The highest BCUT2D eigenvalue weighted by Gasteiger charge is 2.46. The minimum atomic E-state index is -0.523. The third-order valence-corrected chi connectivity index (χ3v) is 6.09. The first kappa shape index (κ1) is 23.8. The molecule has 0 aromatic heterocycles. The van der Waals surface area contributed by atoms with Gasteiger partial charge in [0.1, 0.15) is 23.7 Å². The van der Waals surface area contributed by atoms with Gasteiger partial charge in [-0.3, -0.25) is 4.79 Å². The molecule has 2 aromatic carbocycles. The zero-order valence-corrected chi connectivity index (χ0v) is 19.4. The van der Waals surface area contributed by atoms with Gasteiger partial charge in [-0.2, -0.15) is 0 Å². The summed E-state index contributed by atoms with van der Waals surface area (Å²) >= 11 is 0. The number of hydrogen-bond acceptors (Lipinski definition) is 6. The van der Waals surface area contributed by atoms with E-state index in [0.29, 0.717) is 35.8 Å². The first-order valence-corrected chi connectivity index (χ1v) is 11.6. The van der Waals surface area contributed by atoms with Gasteiger partial charge in [0.2, 0.25) is 5.91 Å². The first-order valence-electron chi connectivity index (χ1n) is 11.6. The fraction of sp³-hybridized carbons (Fsp3) is 0.440. The summed E-state index contributed by atoms with van der Waals surface area (Å²) < 4.78 is 17.2. The van der Waals surface area contributed by atoms with E-state index in [1.54, 1.807) is 37.4 Å². The molecule has 0 radical (unpaired) electrons. The SMILES string of the molecule is CCCNC(=O)C[C@H]1C[C@@H]2c3cc(NC(=O)Nc4ccc(OC)cc4)ccc3O[C@@H]2[C@H](CO)O1. The Bertz CT molecular complexity index is 1010. The van der Waals surface area contributed by atoms with E-state index < -0.39 is 6.10 Å². The summed E-state index contributed by atoms with van der Waals surface area (Å²) in [5.41, 5.74) is 2.20. The summed E-state index contributed by atoms with van der Waals surface area (Å²) in [4.78, 5) is 24.7. The number of benzene rings is 2. The van der Waals surface area contributed by atoms with Gasteiger partial charge in [0.15, 0.2) is 0 Å². The van der Waals surface area contributed by atoms with Crippen molar-refractivity contribution < 1.29 is 28.9 Å². The lowest BCUT2D eigenvalue weighted by molar-refractivity contribution is -0.142. The highest BCUT2D eigenvalue weighted by Crippen LogP contribution is 2.47. The maximum absolute atomic E-state index is 12.5. The second-order valence-electron chi connectivity index (χ2n) is 8.52. The van der Waals surface area contributed by atoms with Crippen molar-refractivity contribution >= 4 is 23.3 Å². The molecular weight excluding hydrogens is 438 g/mol. The molecule has 2 heterocycles. The van der Waals surface area contributed by atoms with Crippen molar-refractivity contribution in [3.63, 3.8) is 0 Å². The van der Waals surface area contributed by atoms with Crippen LogP contribution in [0.2, 0.25) is 0 Å². The van der Waals surface area contributed by atoms with Crippen LogP contribution in [0.15, 0.2) is 42.5 Å². The van der Waals surface area contributed by atoms with Crippen molar-refractivity contribution in [1.29, 1.82) is 0 Å². The lowest BCUT2D eigenvalue weighted by Gasteiger charge is -2.37. The van der Waals surface area contributed by atoms with Crippen LogP contribution in [0.3, 0.4) is 0 Å². The molecule has 2 aliphatic rings. The van der Waals surface area contributed by atoms with Crippen LogP contribution in [0.1, 0.15) is 37.7 Å². The van der Waals surface area contributed by atoms with E-state index in [1.807, 2.05) is 19.1 Å². The zero-order valence-electron chi connectivity index (χ0n) is 19.4. The number of aliphatic hydroxyl groups is 1. The summed E-state index contributed by atoms with van der Waals surface area (Å²) in [6.45, 7) is 2.43.